The highest BCUT2D eigenvalue weighted by atomic mass is 79.9. The average Bonchev–Trinajstić information content (AvgIpc) is 2.85. The molecule has 184 valence electrons. The molecule has 0 fully saturated rings. The standard InChI is InChI=1S/C27H28BrNO6/c1-4-34-22-13-17(12-19(28)26(22)31)24-23(15(2)29-20-6-5-7-21(30)25(20)24)27(32)35-14-16-8-10-18(33-3)11-9-16/h8-13,23-24,29,31H,2,4-7,14H2,1,3H3. The Bertz CT molecular complexity index is 1190. The molecule has 2 N–H and O–H groups in total. The predicted octanol–water partition coefficient (Wildman–Crippen LogP) is 5.13. The summed E-state index contributed by atoms with van der Waals surface area (Å²) in [6, 6.07) is 10.7. The van der Waals surface area contributed by atoms with Gasteiger partial charge >= 0.3 is 5.97 Å². The van der Waals surface area contributed by atoms with Crippen molar-refractivity contribution in [3.05, 3.63) is 75.5 Å². The van der Waals surface area contributed by atoms with Gasteiger partial charge in [-0.25, -0.2) is 0 Å². The lowest BCUT2D eigenvalue weighted by atomic mass is 9.71. The summed E-state index contributed by atoms with van der Waals surface area (Å²) in [6.07, 6.45) is 1.84. The number of methoxy groups -OCH3 is 1. The third kappa shape index (κ3) is 5.07. The highest BCUT2D eigenvalue weighted by molar-refractivity contribution is 9.10. The Morgan fingerprint density at radius 1 is 1.23 bits per heavy atom. The number of Topliss-reactive ketones (excluding diaryl/α,β-unsaturated/α-hetero) is 1. The molecule has 2 unspecified atom stereocenters. The van der Waals surface area contributed by atoms with Crippen molar-refractivity contribution in [2.24, 2.45) is 5.92 Å². The predicted molar refractivity (Wildman–Crippen MR) is 134 cm³/mol. The summed E-state index contributed by atoms with van der Waals surface area (Å²) >= 11 is 3.39. The normalized spacial score (nSPS) is 19.6. The van der Waals surface area contributed by atoms with Gasteiger partial charge in [0.15, 0.2) is 17.3 Å². The number of benzene rings is 2. The van der Waals surface area contributed by atoms with E-state index in [2.05, 4.69) is 27.8 Å². The number of esters is 1. The van der Waals surface area contributed by atoms with Crippen molar-refractivity contribution < 1.29 is 28.9 Å². The van der Waals surface area contributed by atoms with Crippen LogP contribution in [0.25, 0.3) is 0 Å². The molecule has 1 heterocycles. The first-order valence-electron chi connectivity index (χ1n) is 11.5. The number of rotatable bonds is 7. The molecule has 35 heavy (non-hydrogen) atoms. The first kappa shape index (κ1) is 24.9. The number of phenolic OH excluding ortho intramolecular Hbond substituents is 1. The van der Waals surface area contributed by atoms with Crippen LogP contribution in [0.4, 0.5) is 0 Å². The number of aromatic hydroxyl groups is 1. The second kappa shape index (κ2) is 10.6. The number of ketones is 1. The topological polar surface area (TPSA) is 94.1 Å². The summed E-state index contributed by atoms with van der Waals surface area (Å²) in [4.78, 5) is 26.6. The monoisotopic (exact) mass is 541 g/mol. The average molecular weight is 542 g/mol. The Balaban J connectivity index is 1.72. The van der Waals surface area contributed by atoms with Crippen molar-refractivity contribution in [1.82, 2.24) is 5.32 Å². The molecular formula is C27H28BrNO6. The molecule has 4 rings (SSSR count). The molecule has 0 amide bonds. The Labute approximate surface area is 212 Å². The number of carbonyl (C=O) groups excluding carboxylic acids is 2. The Kier molecular flexibility index (Phi) is 7.50. The molecule has 0 saturated carbocycles. The van der Waals surface area contributed by atoms with E-state index in [1.807, 2.05) is 19.1 Å². The van der Waals surface area contributed by atoms with E-state index >= 15 is 0 Å². The van der Waals surface area contributed by atoms with Gasteiger partial charge in [-0.2, -0.15) is 0 Å². The first-order chi connectivity index (χ1) is 16.8. The third-order valence-electron chi connectivity index (χ3n) is 6.29. The van der Waals surface area contributed by atoms with Crippen LogP contribution in [0, 0.1) is 5.92 Å². The van der Waals surface area contributed by atoms with Gasteiger partial charge in [-0.15, -0.1) is 0 Å². The number of allylic oxidation sites excluding steroid dienone is 2. The maximum atomic E-state index is 13.5. The van der Waals surface area contributed by atoms with Crippen molar-refractivity contribution in [3.8, 4) is 17.2 Å². The third-order valence-corrected chi connectivity index (χ3v) is 6.90. The zero-order valence-corrected chi connectivity index (χ0v) is 21.3. The number of ether oxygens (including phenoxy) is 3. The van der Waals surface area contributed by atoms with Crippen LogP contribution < -0.4 is 14.8 Å². The fourth-order valence-corrected chi connectivity index (χ4v) is 5.10. The van der Waals surface area contributed by atoms with Crippen molar-refractivity contribution in [3.63, 3.8) is 0 Å². The number of nitrogens with one attached hydrogen (secondary N) is 1. The van der Waals surface area contributed by atoms with E-state index < -0.39 is 17.8 Å². The summed E-state index contributed by atoms with van der Waals surface area (Å²) in [5, 5.41) is 13.6. The molecule has 2 aromatic rings. The first-order valence-corrected chi connectivity index (χ1v) is 12.3. The largest absolute Gasteiger partial charge is 0.503 e. The van der Waals surface area contributed by atoms with Gasteiger partial charge in [-0.3, -0.25) is 9.59 Å². The molecule has 0 bridgehead atoms. The van der Waals surface area contributed by atoms with Crippen LogP contribution in [-0.2, 0) is 20.9 Å². The van der Waals surface area contributed by atoms with Gasteiger partial charge in [0.25, 0.3) is 0 Å². The minimum absolute atomic E-state index is 0.00800. The quantitative estimate of drug-likeness (QED) is 0.469. The van der Waals surface area contributed by atoms with Crippen LogP contribution in [-0.4, -0.2) is 30.6 Å². The highest BCUT2D eigenvalue weighted by Crippen LogP contribution is 2.47. The summed E-state index contributed by atoms with van der Waals surface area (Å²) in [7, 11) is 1.59. The van der Waals surface area contributed by atoms with Crippen LogP contribution in [0.3, 0.4) is 0 Å². The summed E-state index contributed by atoms with van der Waals surface area (Å²) in [5.41, 5.74) is 3.30. The van der Waals surface area contributed by atoms with Crippen LogP contribution in [0.1, 0.15) is 43.2 Å². The van der Waals surface area contributed by atoms with Gasteiger partial charge < -0.3 is 24.6 Å². The molecule has 1 aliphatic carbocycles. The van der Waals surface area contributed by atoms with E-state index in [4.69, 9.17) is 14.2 Å². The number of carbonyl (C=O) groups is 2. The van der Waals surface area contributed by atoms with Crippen LogP contribution in [0.5, 0.6) is 17.2 Å². The number of hydrogen-bond donors (Lipinski definition) is 2. The van der Waals surface area contributed by atoms with E-state index in [1.165, 1.54) is 0 Å². The fourth-order valence-electron chi connectivity index (χ4n) is 4.64. The fraction of sp³-hybridized carbons (Fsp3) is 0.333. The van der Waals surface area contributed by atoms with Gasteiger partial charge in [-0.05, 0) is 71.1 Å². The lowest BCUT2D eigenvalue weighted by Crippen LogP contribution is -2.41. The number of hydrogen-bond acceptors (Lipinski definition) is 7. The van der Waals surface area contributed by atoms with Crippen molar-refractivity contribution >= 4 is 27.7 Å². The number of halogens is 1. The second-order valence-corrected chi connectivity index (χ2v) is 9.37. The smallest absolute Gasteiger partial charge is 0.316 e. The summed E-state index contributed by atoms with van der Waals surface area (Å²) in [5.74, 6) is -1.00. The van der Waals surface area contributed by atoms with Gasteiger partial charge in [0.1, 0.15) is 18.3 Å². The second-order valence-electron chi connectivity index (χ2n) is 8.51. The molecule has 1 aliphatic heterocycles. The van der Waals surface area contributed by atoms with E-state index in [-0.39, 0.29) is 23.9 Å². The van der Waals surface area contributed by atoms with Gasteiger partial charge in [0.2, 0.25) is 0 Å². The zero-order chi connectivity index (χ0) is 25.1. The Morgan fingerprint density at radius 3 is 2.66 bits per heavy atom. The summed E-state index contributed by atoms with van der Waals surface area (Å²) < 4.78 is 16.9. The Hall–Kier alpha value is -3.26. The summed E-state index contributed by atoms with van der Waals surface area (Å²) in [6.45, 7) is 6.36. The van der Waals surface area contributed by atoms with Gasteiger partial charge in [0, 0.05) is 29.3 Å². The minimum Gasteiger partial charge on any atom is -0.503 e. The molecule has 2 atom stereocenters. The van der Waals surface area contributed by atoms with Crippen molar-refractivity contribution in [2.45, 2.75) is 38.7 Å². The van der Waals surface area contributed by atoms with E-state index in [1.54, 1.807) is 31.4 Å². The molecule has 0 saturated heterocycles. The van der Waals surface area contributed by atoms with Crippen molar-refractivity contribution in [2.75, 3.05) is 13.7 Å². The van der Waals surface area contributed by atoms with E-state index in [0.29, 0.717) is 46.5 Å². The molecule has 0 aromatic heterocycles. The molecule has 0 spiro atoms. The Morgan fingerprint density at radius 2 is 1.97 bits per heavy atom. The van der Waals surface area contributed by atoms with Crippen LogP contribution >= 0.6 is 15.9 Å². The van der Waals surface area contributed by atoms with Crippen LogP contribution in [0.15, 0.2) is 64.4 Å². The number of phenols is 1. The minimum atomic E-state index is -0.833. The molecule has 8 heteroatoms. The molecule has 2 aliphatic rings. The molecule has 0 radical (unpaired) electrons. The van der Waals surface area contributed by atoms with Crippen LogP contribution in [0.2, 0.25) is 0 Å². The van der Waals surface area contributed by atoms with E-state index in [9.17, 15) is 14.7 Å². The maximum Gasteiger partial charge on any atom is 0.316 e. The maximum absolute atomic E-state index is 13.5. The lowest BCUT2D eigenvalue weighted by molar-refractivity contribution is -0.149. The van der Waals surface area contributed by atoms with Gasteiger partial charge in [-0.1, -0.05) is 18.7 Å². The molecule has 2 aromatic carbocycles. The SMILES string of the molecule is C=C1NC2=C(C(=O)CCC2)C(c2cc(Br)c(O)c(OCC)c2)C1C(=O)OCc1ccc(OC)cc1. The zero-order valence-electron chi connectivity index (χ0n) is 19.7. The highest BCUT2D eigenvalue weighted by Gasteiger charge is 2.44. The van der Waals surface area contributed by atoms with E-state index in [0.717, 1.165) is 17.7 Å². The van der Waals surface area contributed by atoms with Gasteiger partial charge in [0.05, 0.1) is 18.2 Å². The van der Waals surface area contributed by atoms with Crippen molar-refractivity contribution in [1.29, 1.82) is 0 Å². The molecular weight excluding hydrogens is 514 g/mol. The molecule has 7 nitrogen and oxygen atoms in total. The lowest BCUT2D eigenvalue weighted by Gasteiger charge is -2.38.